The Balaban J connectivity index is 1.18. The quantitative estimate of drug-likeness (QED) is 0.0541. The van der Waals surface area contributed by atoms with Crippen LogP contribution in [0.25, 0.3) is 0 Å². The third-order valence-corrected chi connectivity index (χ3v) is 12.8. The van der Waals surface area contributed by atoms with E-state index in [1.54, 1.807) is 18.3 Å². The molecule has 3 aromatic carbocycles. The van der Waals surface area contributed by atoms with Crippen LogP contribution >= 0.6 is 0 Å². The monoisotopic (exact) mass is 902 g/mol. The second kappa shape index (κ2) is 17.9. The van der Waals surface area contributed by atoms with E-state index in [-0.39, 0.29) is 56.5 Å². The summed E-state index contributed by atoms with van der Waals surface area (Å²) in [5.74, 6) is -1.99. The van der Waals surface area contributed by atoms with Gasteiger partial charge >= 0.3 is 11.9 Å². The van der Waals surface area contributed by atoms with Gasteiger partial charge in [0.25, 0.3) is 0 Å². The topological polar surface area (TPSA) is 308 Å². The van der Waals surface area contributed by atoms with E-state index >= 15 is 0 Å². The van der Waals surface area contributed by atoms with Crippen LogP contribution in [0.4, 0.5) is 0 Å². The Kier molecular flexibility index (Phi) is 12.2. The van der Waals surface area contributed by atoms with Crippen LogP contribution in [0.15, 0.2) is 76.6 Å². The van der Waals surface area contributed by atoms with Gasteiger partial charge in [0.1, 0.15) is 55.0 Å². The molecule has 65 heavy (non-hydrogen) atoms. The molecule has 6 heterocycles. The molecule has 1 saturated heterocycles. The van der Waals surface area contributed by atoms with E-state index in [0.717, 1.165) is 16.7 Å². The number of hydrogen-bond donors (Lipinski definition) is 9. The van der Waals surface area contributed by atoms with Gasteiger partial charge in [0.05, 0.1) is 36.7 Å². The molecule has 0 aromatic heterocycles. The minimum absolute atomic E-state index is 0.0348. The number of hydrogen-bond acceptors (Lipinski definition) is 19. The fraction of sp³-hybridized carbons (Fsp3) is 0.444. The molecule has 3 aromatic rings. The Labute approximate surface area is 371 Å². The van der Waals surface area contributed by atoms with Gasteiger partial charge in [0.15, 0.2) is 30.0 Å². The number of rotatable bonds is 15. The van der Waals surface area contributed by atoms with Crippen LogP contribution in [0.1, 0.15) is 52.7 Å². The van der Waals surface area contributed by atoms with E-state index in [9.17, 15) is 40.2 Å². The molecule has 1 fully saturated rings. The van der Waals surface area contributed by atoms with E-state index in [4.69, 9.17) is 49.7 Å². The molecule has 0 spiro atoms. The van der Waals surface area contributed by atoms with Gasteiger partial charge in [-0.05, 0) is 36.1 Å². The van der Waals surface area contributed by atoms with Crippen molar-refractivity contribution in [1.82, 2.24) is 4.90 Å². The largest absolute Gasteiger partial charge is 0.489 e. The van der Waals surface area contributed by atoms with Crippen LogP contribution in [0.2, 0.25) is 0 Å². The number of ether oxygens (including phenoxy) is 7. The molecule has 6 aliphatic heterocycles. The van der Waals surface area contributed by atoms with Crippen molar-refractivity contribution in [3.05, 3.63) is 99.4 Å². The number of fused-ring (bicyclic) bond motifs is 8. The summed E-state index contributed by atoms with van der Waals surface area (Å²) < 4.78 is 43.6. The fourth-order valence-corrected chi connectivity index (χ4v) is 9.84. The van der Waals surface area contributed by atoms with Crippen molar-refractivity contribution in [1.29, 1.82) is 0 Å². The molecule has 11 N–H and O–H groups in total. The van der Waals surface area contributed by atoms with Crippen LogP contribution in [-0.2, 0) is 38.4 Å². The number of esters is 1. The van der Waals surface area contributed by atoms with Gasteiger partial charge in [-0.2, -0.15) is 0 Å². The first kappa shape index (κ1) is 44.4. The number of aliphatic hydroxyl groups excluding tert-OH is 5. The molecule has 0 bridgehead atoms. The number of benzene rings is 3. The maximum absolute atomic E-state index is 12.5. The predicted molar refractivity (Wildman–Crippen MR) is 224 cm³/mol. The molecule has 9 atom stereocenters. The summed E-state index contributed by atoms with van der Waals surface area (Å²) >= 11 is 0. The maximum atomic E-state index is 12.5. The van der Waals surface area contributed by atoms with Crippen molar-refractivity contribution in [3.63, 3.8) is 0 Å². The first-order valence-electron chi connectivity index (χ1n) is 21.2. The van der Waals surface area contributed by atoms with Crippen LogP contribution < -0.4 is 35.2 Å². The lowest BCUT2D eigenvalue weighted by molar-refractivity contribution is -0.329. The number of nitrogens with two attached hydrogens (primary N) is 2. The maximum Gasteiger partial charge on any atom is 0.317 e. The van der Waals surface area contributed by atoms with Crippen molar-refractivity contribution in [3.8, 4) is 28.7 Å². The number of nitrogens with zero attached hydrogens (tertiary/aromatic N) is 2. The molecule has 0 radical (unpaired) electrons. The summed E-state index contributed by atoms with van der Waals surface area (Å²) in [6.07, 6.45) is -9.22. The molecule has 0 saturated carbocycles. The first-order chi connectivity index (χ1) is 31.3. The third kappa shape index (κ3) is 7.93. The highest BCUT2D eigenvalue weighted by atomic mass is 16.7. The summed E-state index contributed by atoms with van der Waals surface area (Å²) in [5.41, 5.74) is 15.2. The highest BCUT2D eigenvalue weighted by molar-refractivity contribution is 5.90. The van der Waals surface area contributed by atoms with Crippen LogP contribution in [0.3, 0.4) is 0 Å². The van der Waals surface area contributed by atoms with Crippen LogP contribution in [0, 0.1) is 0 Å². The van der Waals surface area contributed by atoms with E-state index in [0.29, 0.717) is 52.5 Å². The van der Waals surface area contributed by atoms with Crippen molar-refractivity contribution in [2.45, 2.75) is 92.8 Å². The Morgan fingerprint density at radius 1 is 1.02 bits per heavy atom. The van der Waals surface area contributed by atoms with Gasteiger partial charge in [-0.25, -0.2) is 0 Å². The van der Waals surface area contributed by atoms with Gasteiger partial charge in [0, 0.05) is 54.1 Å². The number of carbonyl (C=O) groups excluding carboxylic acids is 1. The number of aliphatic hydroxyl groups is 6. The number of aliphatic imine (C=N–C) groups is 1. The lowest BCUT2D eigenvalue weighted by Crippen LogP contribution is -2.71. The number of allylic oxidation sites excluding steroid dienone is 1. The molecule has 346 valence electrons. The summed E-state index contributed by atoms with van der Waals surface area (Å²) in [5, 5.41) is 74.9. The molecule has 9 rings (SSSR count). The summed E-state index contributed by atoms with van der Waals surface area (Å²) in [6, 6.07) is 14.8. The predicted octanol–water partition coefficient (Wildman–Crippen LogP) is -0.230. The number of aliphatic carboxylic acids is 1. The standard InChI is InChI=1S/C45H50N4O16/c46-43(47)41(63-32(55)16-31(53)54)40-36(56)42(57)45(58)10-8-23-25(18-49-17-22-9-11-48-35(22)26(49)19-51)34-30(15-28(23)62-44(45)65-40)61-29(14-21-4-2-1-3-5-21)33-24-6-7-27(60-20-52)38(59-13-12-50)37(24)64-39(33)34/h1-7,9,11,15,29,33,36,39-44,50-52,56-58H,8,10,12-14,16-20,46-47H2,(H,53,54). The highest BCUT2D eigenvalue weighted by Gasteiger charge is 2.60. The van der Waals surface area contributed by atoms with Gasteiger partial charge in [0.2, 0.25) is 12.0 Å². The lowest BCUT2D eigenvalue weighted by atomic mass is 9.78. The Bertz CT molecular complexity index is 2430. The van der Waals surface area contributed by atoms with E-state index in [2.05, 4.69) is 4.99 Å². The molecule has 0 amide bonds. The van der Waals surface area contributed by atoms with Crippen LogP contribution in [-0.4, -0.2) is 141 Å². The van der Waals surface area contributed by atoms with Gasteiger partial charge in [-0.3, -0.25) is 14.6 Å². The molecular weight excluding hydrogens is 853 g/mol. The molecule has 20 nitrogen and oxygen atoms in total. The van der Waals surface area contributed by atoms with E-state index < -0.39 is 85.8 Å². The highest BCUT2D eigenvalue weighted by Crippen LogP contribution is 2.60. The first-order valence-corrected chi connectivity index (χ1v) is 21.2. The molecule has 20 heteroatoms. The number of carboxylic acids is 1. The van der Waals surface area contributed by atoms with E-state index in [1.807, 2.05) is 47.4 Å². The summed E-state index contributed by atoms with van der Waals surface area (Å²) in [6.45, 7) is -0.865. The summed E-state index contributed by atoms with van der Waals surface area (Å²) in [4.78, 5) is 30.3. The van der Waals surface area contributed by atoms with Crippen LogP contribution in [0.5, 0.6) is 28.7 Å². The van der Waals surface area contributed by atoms with Gasteiger partial charge < -0.3 is 85.3 Å². The fourth-order valence-electron chi connectivity index (χ4n) is 9.84. The smallest absolute Gasteiger partial charge is 0.317 e. The molecular formula is C45H50N4O16. The zero-order chi connectivity index (χ0) is 45.7. The van der Waals surface area contributed by atoms with Crippen molar-refractivity contribution >= 4 is 18.2 Å². The lowest BCUT2D eigenvalue weighted by Gasteiger charge is -2.48. The second-order valence-electron chi connectivity index (χ2n) is 16.7. The summed E-state index contributed by atoms with van der Waals surface area (Å²) in [7, 11) is 0. The van der Waals surface area contributed by atoms with Crippen molar-refractivity contribution in [2.75, 3.05) is 33.2 Å². The average Bonchev–Trinajstić information content (AvgIpc) is 3.96. The molecule has 9 unspecified atom stereocenters. The normalized spacial score (nSPS) is 27.4. The molecule has 6 aliphatic rings. The van der Waals surface area contributed by atoms with Crippen molar-refractivity contribution in [2.24, 2.45) is 16.5 Å². The minimum atomic E-state index is -2.29. The number of carbonyl (C=O) groups is 2. The molecule has 0 aliphatic carbocycles. The van der Waals surface area contributed by atoms with Gasteiger partial charge in [-0.1, -0.05) is 36.4 Å². The van der Waals surface area contributed by atoms with Gasteiger partial charge in [-0.15, -0.1) is 0 Å². The zero-order valence-electron chi connectivity index (χ0n) is 34.9. The minimum Gasteiger partial charge on any atom is -0.489 e. The van der Waals surface area contributed by atoms with E-state index in [1.165, 1.54) is 0 Å². The number of carboxylic acid groups (broad SMARTS) is 1. The Hall–Kier alpha value is -5.81. The third-order valence-electron chi connectivity index (χ3n) is 12.8. The Morgan fingerprint density at radius 3 is 2.54 bits per heavy atom. The average molecular weight is 903 g/mol. The SMILES string of the molecule is NC(N)C(OC(=O)CC(=O)O)C1OC2Oc3cc4c(c(CN5CC6=CC=NC6=C5CO)c3CCC2(O)C(O)C1O)C1Oc2c(ccc(OCO)c2OCCO)C1C(Cc1ccccc1)O4. The van der Waals surface area contributed by atoms with Crippen molar-refractivity contribution < 1.29 is 78.5 Å². The second-order valence-corrected chi connectivity index (χ2v) is 16.7. The Morgan fingerprint density at radius 2 is 1.82 bits per heavy atom. The zero-order valence-corrected chi connectivity index (χ0v) is 34.9.